The molecule has 3 heterocycles. The van der Waals surface area contributed by atoms with Gasteiger partial charge in [-0.05, 0) is 60.8 Å². The molecule has 0 aliphatic carbocycles. The largest absolute Gasteiger partial charge is 0.324 e. The zero-order valence-electron chi connectivity index (χ0n) is 18.2. The Hall–Kier alpha value is -3.03. The molecule has 0 spiro atoms. The fourth-order valence-electron chi connectivity index (χ4n) is 4.08. The minimum Gasteiger partial charge on any atom is -0.324 e. The third kappa shape index (κ3) is 4.06. The lowest BCUT2D eigenvalue weighted by atomic mass is 10.0. The predicted molar refractivity (Wildman–Crippen MR) is 126 cm³/mol. The topological polar surface area (TPSA) is 75.4 Å². The molecule has 2 aliphatic rings. The van der Waals surface area contributed by atoms with Crippen molar-refractivity contribution in [1.29, 1.82) is 0 Å². The summed E-state index contributed by atoms with van der Waals surface area (Å²) >= 11 is 6.43. The number of anilines is 1. The number of aliphatic imine (C=N–C) groups is 1. The summed E-state index contributed by atoms with van der Waals surface area (Å²) in [7, 11) is 0. The lowest BCUT2D eigenvalue weighted by Crippen LogP contribution is -2.36. The van der Waals surface area contributed by atoms with Crippen molar-refractivity contribution in [2.24, 2.45) is 4.99 Å². The Bertz CT molecular complexity index is 1210. The maximum atomic E-state index is 12.6. The van der Waals surface area contributed by atoms with Gasteiger partial charge in [0.15, 0.2) is 0 Å². The molecule has 1 saturated heterocycles. The van der Waals surface area contributed by atoms with Crippen LogP contribution in [0.3, 0.4) is 0 Å². The number of nitrogens with zero attached hydrogens (tertiary/aromatic N) is 5. The standard InChI is InChI=1S/C24H25ClN6O/c1-15(2)19-10-22-23(11-20(19)25)28-24(32)12-21(27-22)16-5-3-6-17(9-16)31-18(13-26-29-31)14-30-7-4-8-30/h3,5-6,9-11,13,15H,4,7-8,12,14H2,1-2H3,(H,28,32). The van der Waals surface area contributed by atoms with E-state index >= 15 is 0 Å². The lowest BCUT2D eigenvalue weighted by Gasteiger charge is -2.30. The fraction of sp³-hybridized carbons (Fsp3) is 0.333. The first-order valence-corrected chi connectivity index (χ1v) is 11.3. The minimum atomic E-state index is -0.111. The summed E-state index contributed by atoms with van der Waals surface area (Å²) in [6.07, 6.45) is 3.24. The Morgan fingerprint density at radius 1 is 1.19 bits per heavy atom. The summed E-state index contributed by atoms with van der Waals surface area (Å²) in [5.41, 5.74) is 5.93. The van der Waals surface area contributed by atoms with Crippen molar-refractivity contribution in [1.82, 2.24) is 19.9 Å². The number of likely N-dealkylation sites (tertiary alicyclic amines) is 1. The Balaban J connectivity index is 1.52. The molecule has 1 N–H and O–H groups in total. The van der Waals surface area contributed by atoms with Crippen LogP contribution in [0.1, 0.15) is 49.4 Å². The number of benzene rings is 2. The van der Waals surface area contributed by atoms with Crippen LogP contribution in [0.5, 0.6) is 0 Å². The van der Waals surface area contributed by atoms with Gasteiger partial charge in [0.25, 0.3) is 0 Å². The van der Waals surface area contributed by atoms with E-state index in [1.54, 1.807) is 6.07 Å². The monoisotopic (exact) mass is 448 g/mol. The molecule has 1 fully saturated rings. The number of halogens is 1. The van der Waals surface area contributed by atoms with Gasteiger partial charge in [0.05, 0.1) is 41.1 Å². The van der Waals surface area contributed by atoms with Crippen molar-refractivity contribution in [3.05, 3.63) is 64.4 Å². The highest BCUT2D eigenvalue weighted by molar-refractivity contribution is 6.32. The zero-order chi connectivity index (χ0) is 22.2. The Labute approximate surface area is 192 Å². The molecule has 164 valence electrons. The van der Waals surface area contributed by atoms with E-state index in [-0.39, 0.29) is 18.2 Å². The van der Waals surface area contributed by atoms with Crippen molar-refractivity contribution in [2.75, 3.05) is 18.4 Å². The molecule has 1 amide bonds. The van der Waals surface area contributed by atoms with Gasteiger partial charge in [-0.1, -0.05) is 42.8 Å². The highest BCUT2D eigenvalue weighted by Gasteiger charge is 2.21. The van der Waals surface area contributed by atoms with Gasteiger partial charge in [0.2, 0.25) is 5.91 Å². The Morgan fingerprint density at radius 2 is 2.03 bits per heavy atom. The van der Waals surface area contributed by atoms with Crippen molar-refractivity contribution < 1.29 is 4.79 Å². The summed E-state index contributed by atoms with van der Waals surface area (Å²) in [6.45, 7) is 7.23. The highest BCUT2D eigenvalue weighted by Crippen LogP contribution is 2.37. The number of rotatable bonds is 5. The number of hydrogen-bond donors (Lipinski definition) is 1. The molecule has 5 rings (SSSR count). The summed E-state index contributed by atoms with van der Waals surface area (Å²) in [5.74, 6) is 0.145. The summed E-state index contributed by atoms with van der Waals surface area (Å²) < 4.78 is 1.86. The van der Waals surface area contributed by atoms with Crippen LogP contribution in [0, 0.1) is 0 Å². The van der Waals surface area contributed by atoms with Crippen LogP contribution in [-0.4, -0.2) is 44.6 Å². The van der Waals surface area contributed by atoms with E-state index in [0.717, 1.165) is 47.8 Å². The van der Waals surface area contributed by atoms with Crippen molar-refractivity contribution in [2.45, 2.75) is 39.2 Å². The van der Waals surface area contributed by atoms with Gasteiger partial charge < -0.3 is 5.32 Å². The molecule has 0 bridgehead atoms. The molecule has 2 aliphatic heterocycles. The summed E-state index contributed by atoms with van der Waals surface area (Å²) in [5, 5.41) is 12.0. The smallest absolute Gasteiger partial charge is 0.230 e. The van der Waals surface area contributed by atoms with E-state index in [4.69, 9.17) is 16.6 Å². The second-order valence-corrected chi connectivity index (χ2v) is 9.05. The van der Waals surface area contributed by atoms with E-state index in [2.05, 4.69) is 34.4 Å². The Kier molecular flexibility index (Phi) is 5.53. The first-order valence-electron chi connectivity index (χ1n) is 10.9. The third-order valence-electron chi connectivity index (χ3n) is 5.97. The van der Waals surface area contributed by atoms with Crippen LogP contribution in [0.15, 0.2) is 47.6 Å². The molecule has 0 unspecified atom stereocenters. The number of carbonyl (C=O) groups excluding carboxylic acids is 1. The lowest BCUT2D eigenvalue weighted by molar-refractivity contribution is -0.115. The average molecular weight is 449 g/mol. The molecule has 3 aromatic rings. The van der Waals surface area contributed by atoms with Gasteiger partial charge >= 0.3 is 0 Å². The van der Waals surface area contributed by atoms with Crippen molar-refractivity contribution in [3.63, 3.8) is 0 Å². The maximum absolute atomic E-state index is 12.6. The third-order valence-corrected chi connectivity index (χ3v) is 6.30. The van der Waals surface area contributed by atoms with Gasteiger partial charge in [-0.15, -0.1) is 5.10 Å². The van der Waals surface area contributed by atoms with Gasteiger partial charge in [-0.3, -0.25) is 14.7 Å². The minimum absolute atomic E-state index is 0.111. The molecule has 8 heteroatoms. The van der Waals surface area contributed by atoms with E-state index in [9.17, 15) is 4.79 Å². The van der Waals surface area contributed by atoms with Crippen LogP contribution in [0.4, 0.5) is 11.4 Å². The van der Waals surface area contributed by atoms with Crippen LogP contribution in [-0.2, 0) is 11.3 Å². The molecule has 32 heavy (non-hydrogen) atoms. The highest BCUT2D eigenvalue weighted by atomic mass is 35.5. The van der Waals surface area contributed by atoms with Crippen molar-refractivity contribution in [3.8, 4) is 5.69 Å². The zero-order valence-corrected chi connectivity index (χ0v) is 18.9. The van der Waals surface area contributed by atoms with E-state index in [0.29, 0.717) is 16.4 Å². The van der Waals surface area contributed by atoms with E-state index in [1.807, 2.05) is 41.2 Å². The van der Waals surface area contributed by atoms with Crippen LogP contribution >= 0.6 is 11.6 Å². The van der Waals surface area contributed by atoms with Gasteiger partial charge in [-0.2, -0.15) is 0 Å². The molecule has 0 radical (unpaired) electrons. The maximum Gasteiger partial charge on any atom is 0.230 e. The average Bonchev–Trinajstić information content (AvgIpc) is 3.13. The number of nitrogens with one attached hydrogen (secondary N) is 1. The first kappa shape index (κ1) is 20.8. The second kappa shape index (κ2) is 8.48. The number of fused-ring (bicyclic) bond motifs is 1. The molecular formula is C24H25ClN6O. The van der Waals surface area contributed by atoms with Crippen LogP contribution in [0.2, 0.25) is 5.02 Å². The molecule has 0 saturated carbocycles. The SMILES string of the molecule is CC(C)c1cc2c(cc1Cl)NC(=O)CC(c1cccc(-n3nncc3CN3CCC3)c1)=N2. The van der Waals surface area contributed by atoms with Crippen molar-refractivity contribution >= 4 is 34.6 Å². The van der Waals surface area contributed by atoms with E-state index < -0.39 is 0 Å². The number of amides is 1. The first-order chi connectivity index (χ1) is 15.5. The summed E-state index contributed by atoms with van der Waals surface area (Å²) in [4.78, 5) is 19.9. The van der Waals surface area contributed by atoms with Gasteiger partial charge in [0, 0.05) is 11.6 Å². The molecule has 0 atom stereocenters. The van der Waals surface area contributed by atoms with Gasteiger partial charge in [0.1, 0.15) is 0 Å². The molecular weight excluding hydrogens is 424 g/mol. The molecule has 7 nitrogen and oxygen atoms in total. The summed E-state index contributed by atoms with van der Waals surface area (Å²) in [6, 6.07) is 11.7. The Morgan fingerprint density at radius 3 is 2.78 bits per heavy atom. The second-order valence-electron chi connectivity index (χ2n) is 8.65. The predicted octanol–water partition coefficient (Wildman–Crippen LogP) is 4.71. The quantitative estimate of drug-likeness (QED) is 0.613. The number of carbonyl (C=O) groups is 1. The fourth-order valence-corrected chi connectivity index (χ4v) is 4.46. The number of aromatic nitrogens is 3. The van der Waals surface area contributed by atoms with Crippen LogP contribution < -0.4 is 5.32 Å². The van der Waals surface area contributed by atoms with E-state index in [1.165, 1.54) is 6.42 Å². The van der Waals surface area contributed by atoms with Crippen LogP contribution in [0.25, 0.3) is 5.69 Å². The number of hydrogen-bond acceptors (Lipinski definition) is 5. The molecule has 1 aromatic heterocycles. The van der Waals surface area contributed by atoms with Gasteiger partial charge in [-0.25, -0.2) is 4.68 Å². The normalized spacial score (nSPS) is 16.2. The molecule has 2 aromatic carbocycles.